The number of amides is 1. The van der Waals surface area contributed by atoms with Gasteiger partial charge in [-0.15, -0.1) is 11.3 Å². The highest BCUT2D eigenvalue weighted by atomic mass is 79.9. The van der Waals surface area contributed by atoms with E-state index in [-0.39, 0.29) is 16.9 Å². The van der Waals surface area contributed by atoms with E-state index in [0.717, 1.165) is 9.85 Å². The molecule has 0 aliphatic heterocycles. The average molecular weight is 431 g/mol. The molecule has 0 aliphatic rings. The molecule has 6 nitrogen and oxygen atoms in total. The molecule has 0 atom stereocenters. The zero-order valence-electron chi connectivity index (χ0n) is 10.1. The highest BCUT2D eigenvalue weighted by Gasteiger charge is 2.20. The molecule has 1 aromatic heterocycles. The lowest BCUT2D eigenvalue weighted by Gasteiger charge is -2.05. The Labute approximate surface area is 139 Å². The fraction of sp³-hybridized carbons (Fsp3) is 0. The molecule has 2 rings (SSSR count). The molecule has 0 aliphatic carbocycles. The number of thiophene rings is 1. The largest absolute Gasteiger partial charge is 0.316 e. The third-order valence-corrected chi connectivity index (χ3v) is 4.81. The Morgan fingerprint density at radius 1 is 1.38 bits per heavy atom. The summed E-state index contributed by atoms with van der Waals surface area (Å²) in [5, 5.41) is 22.3. The van der Waals surface area contributed by atoms with Crippen molar-refractivity contribution < 1.29 is 9.72 Å². The normalized spacial score (nSPS) is 9.95. The van der Waals surface area contributed by atoms with Crippen LogP contribution in [0, 0.1) is 21.4 Å². The van der Waals surface area contributed by atoms with Crippen LogP contribution in [-0.4, -0.2) is 10.8 Å². The van der Waals surface area contributed by atoms with Gasteiger partial charge in [-0.25, -0.2) is 0 Å². The lowest BCUT2D eigenvalue weighted by atomic mass is 10.2. The Morgan fingerprint density at radius 3 is 2.62 bits per heavy atom. The topological polar surface area (TPSA) is 96.0 Å². The molecule has 0 bridgehead atoms. The quantitative estimate of drug-likeness (QED) is 0.579. The van der Waals surface area contributed by atoms with Crippen LogP contribution in [0.5, 0.6) is 0 Å². The van der Waals surface area contributed by atoms with Crippen molar-refractivity contribution in [3.8, 4) is 6.07 Å². The van der Waals surface area contributed by atoms with Gasteiger partial charge in [0.05, 0.1) is 29.7 Å². The van der Waals surface area contributed by atoms with Crippen LogP contribution in [0.15, 0.2) is 31.8 Å². The Balaban J connectivity index is 2.35. The summed E-state index contributed by atoms with van der Waals surface area (Å²) in [6.07, 6.45) is 0. The van der Waals surface area contributed by atoms with Gasteiger partial charge in [-0.2, -0.15) is 5.26 Å². The fourth-order valence-corrected chi connectivity index (χ4v) is 4.34. The van der Waals surface area contributed by atoms with Gasteiger partial charge in [0.1, 0.15) is 5.69 Å². The van der Waals surface area contributed by atoms with Crippen molar-refractivity contribution in [2.24, 2.45) is 0 Å². The molecule has 0 fully saturated rings. The molecule has 106 valence electrons. The van der Waals surface area contributed by atoms with E-state index in [1.807, 2.05) is 6.07 Å². The van der Waals surface area contributed by atoms with E-state index in [1.165, 1.54) is 23.5 Å². The Bertz CT molecular complexity index is 783. The monoisotopic (exact) mass is 429 g/mol. The van der Waals surface area contributed by atoms with Crippen LogP contribution < -0.4 is 5.32 Å². The second-order valence-electron chi connectivity index (χ2n) is 3.79. The molecule has 1 amide bonds. The second kappa shape index (κ2) is 6.34. The number of carbonyl (C=O) groups is 1. The summed E-state index contributed by atoms with van der Waals surface area (Å²) in [5.74, 6) is -0.475. The van der Waals surface area contributed by atoms with E-state index in [0.29, 0.717) is 9.35 Å². The summed E-state index contributed by atoms with van der Waals surface area (Å²) >= 11 is 7.83. The van der Waals surface area contributed by atoms with Crippen LogP contribution in [0.1, 0.15) is 15.9 Å². The second-order valence-corrected chi connectivity index (χ2v) is 7.54. The number of nitriles is 1. The molecule has 0 spiro atoms. The summed E-state index contributed by atoms with van der Waals surface area (Å²) in [5.41, 5.74) is 0.232. The maximum absolute atomic E-state index is 12.1. The minimum absolute atomic E-state index is 0.0400. The summed E-state index contributed by atoms with van der Waals surface area (Å²) in [6, 6.07) is 7.29. The van der Waals surface area contributed by atoms with Gasteiger partial charge in [0.2, 0.25) is 0 Å². The van der Waals surface area contributed by atoms with E-state index in [2.05, 4.69) is 37.2 Å². The third-order valence-electron chi connectivity index (χ3n) is 2.47. The number of hydrogen-bond acceptors (Lipinski definition) is 5. The van der Waals surface area contributed by atoms with Crippen molar-refractivity contribution in [3.05, 3.63) is 53.1 Å². The minimum Gasteiger partial charge on any atom is -0.316 e. The predicted octanol–water partition coefficient (Wildman–Crippen LogP) is 4.31. The molecule has 0 saturated carbocycles. The smallest absolute Gasteiger partial charge is 0.294 e. The van der Waals surface area contributed by atoms with Crippen molar-refractivity contribution in [3.63, 3.8) is 0 Å². The molecule has 0 radical (unpaired) electrons. The molecule has 2 aromatic rings. The molecule has 0 unspecified atom stereocenters. The minimum atomic E-state index is -0.644. The van der Waals surface area contributed by atoms with Crippen LogP contribution in [-0.2, 0) is 0 Å². The number of hydrogen-bond donors (Lipinski definition) is 1. The van der Waals surface area contributed by atoms with Crippen LogP contribution in [0.3, 0.4) is 0 Å². The van der Waals surface area contributed by atoms with Gasteiger partial charge < -0.3 is 5.32 Å². The highest BCUT2D eigenvalue weighted by Crippen LogP contribution is 2.33. The van der Waals surface area contributed by atoms with E-state index in [4.69, 9.17) is 5.26 Å². The lowest BCUT2D eigenvalue weighted by Crippen LogP contribution is -2.12. The molecular formula is C12H5Br2N3O3S. The van der Waals surface area contributed by atoms with Crippen LogP contribution in [0.2, 0.25) is 0 Å². The molecule has 21 heavy (non-hydrogen) atoms. The standard InChI is InChI=1S/C12H5Br2N3O3S/c13-10-4-7(11(14)21-10)12(18)16-8-2-1-6(5-15)3-9(8)17(19)20/h1-4H,(H,16,18). The summed E-state index contributed by atoms with van der Waals surface area (Å²) in [6.45, 7) is 0. The highest BCUT2D eigenvalue weighted by molar-refractivity contribution is 9.12. The van der Waals surface area contributed by atoms with Gasteiger partial charge in [0.25, 0.3) is 11.6 Å². The van der Waals surface area contributed by atoms with Crippen molar-refractivity contribution in [1.82, 2.24) is 0 Å². The van der Waals surface area contributed by atoms with E-state index in [9.17, 15) is 14.9 Å². The first kappa shape index (κ1) is 15.6. The zero-order chi connectivity index (χ0) is 15.6. The van der Waals surface area contributed by atoms with E-state index in [1.54, 1.807) is 6.07 Å². The molecule has 1 N–H and O–H groups in total. The van der Waals surface area contributed by atoms with Crippen molar-refractivity contribution in [2.45, 2.75) is 0 Å². The fourth-order valence-electron chi connectivity index (χ4n) is 1.54. The first-order chi connectivity index (χ1) is 9.92. The number of nitrogens with one attached hydrogen (secondary N) is 1. The zero-order valence-corrected chi connectivity index (χ0v) is 14.1. The number of nitro groups is 1. The van der Waals surface area contributed by atoms with Gasteiger partial charge in [-0.3, -0.25) is 14.9 Å². The molecular weight excluding hydrogens is 426 g/mol. The summed E-state index contributed by atoms with van der Waals surface area (Å²) < 4.78 is 1.37. The van der Waals surface area contributed by atoms with E-state index < -0.39 is 10.8 Å². The Hall–Kier alpha value is -1.76. The van der Waals surface area contributed by atoms with Crippen molar-refractivity contribution >= 4 is 60.5 Å². The predicted molar refractivity (Wildman–Crippen MR) is 85.5 cm³/mol. The number of nitro benzene ring substituents is 1. The Morgan fingerprint density at radius 2 is 2.10 bits per heavy atom. The summed E-state index contributed by atoms with van der Waals surface area (Å²) in [4.78, 5) is 22.5. The van der Waals surface area contributed by atoms with E-state index >= 15 is 0 Å². The van der Waals surface area contributed by atoms with Crippen LogP contribution in [0.4, 0.5) is 11.4 Å². The van der Waals surface area contributed by atoms with Gasteiger partial charge in [0, 0.05) is 6.07 Å². The summed E-state index contributed by atoms with van der Waals surface area (Å²) in [7, 11) is 0. The first-order valence-electron chi connectivity index (χ1n) is 5.37. The molecule has 1 heterocycles. The molecule has 0 saturated heterocycles. The van der Waals surface area contributed by atoms with Crippen molar-refractivity contribution in [1.29, 1.82) is 5.26 Å². The maximum Gasteiger partial charge on any atom is 0.294 e. The van der Waals surface area contributed by atoms with Gasteiger partial charge in [-0.05, 0) is 50.1 Å². The Kier molecular flexibility index (Phi) is 4.72. The maximum atomic E-state index is 12.1. The van der Waals surface area contributed by atoms with Gasteiger partial charge in [0.15, 0.2) is 0 Å². The number of benzene rings is 1. The van der Waals surface area contributed by atoms with Crippen LogP contribution >= 0.6 is 43.2 Å². The number of carbonyl (C=O) groups excluding carboxylic acids is 1. The number of anilines is 1. The average Bonchev–Trinajstić information content (AvgIpc) is 2.78. The molecule has 1 aromatic carbocycles. The van der Waals surface area contributed by atoms with Crippen molar-refractivity contribution in [2.75, 3.05) is 5.32 Å². The first-order valence-corrected chi connectivity index (χ1v) is 7.77. The number of nitrogens with zero attached hydrogens (tertiary/aromatic N) is 2. The van der Waals surface area contributed by atoms with Crippen LogP contribution in [0.25, 0.3) is 0 Å². The lowest BCUT2D eigenvalue weighted by molar-refractivity contribution is -0.383. The van der Waals surface area contributed by atoms with Gasteiger partial charge >= 0.3 is 0 Å². The number of halogens is 2. The third kappa shape index (κ3) is 3.47. The number of rotatable bonds is 3. The van der Waals surface area contributed by atoms with Gasteiger partial charge in [-0.1, -0.05) is 0 Å². The molecule has 9 heteroatoms. The SMILES string of the molecule is N#Cc1ccc(NC(=O)c2cc(Br)sc2Br)c([N+](=O)[O-])c1.